The minimum Gasteiger partial charge on any atom is -0.497 e. The Labute approximate surface area is 300 Å². The summed E-state index contributed by atoms with van der Waals surface area (Å²) in [5.74, 6) is 1.23. The highest BCUT2D eigenvalue weighted by Crippen LogP contribution is 2.49. The molecule has 0 fully saturated rings. The third-order valence-electron chi connectivity index (χ3n) is 10.8. The summed E-state index contributed by atoms with van der Waals surface area (Å²) >= 11 is 0. The first kappa shape index (κ1) is 34.0. The topological polar surface area (TPSA) is 57.9 Å². The van der Waals surface area contributed by atoms with Gasteiger partial charge in [0.15, 0.2) is 5.60 Å². The zero-order chi connectivity index (χ0) is 36.0. The van der Waals surface area contributed by atoms with Crippen LogP contribution in [0.4, 0.5) is 5.69 Å². The molecule has 262 valence electrons. The van der Waals surface area contributed by atoms with Crippen LogP contribution in [0, 0.1) is 13.8 Å². The van der Waals surface area contributed by atoms with E-state index in [-0.39, 0.29) is 5.97 Å². The first-order chi connectivity index (χ1) is 24.7. The van der Waals surface area contributed by atoms with E-state index in [1.54, 1.807) is 14.2 Å². The minimum absolute atomic E-state index is 0.335. The quantitative estimate of drug-likeness (QED) is 0.128. The fraction of sp³-hybridized carbons (Fsp3) is 0.295. The Morgan fingerprint density at radius 3 is 1.76 bits per heavy atom. The van der Waals surface area contributed by atoms with Gasteiger partial charge >= 0.3 is 5.97 Å². The van der Waals surface area contributed by atoms with Crippen molar-refractivity contribution in [3.05, 3.63) is 130 Å². The number of hydrogen-bond donors (Lipinski definition) is 0. The van der Waals surface area contributed by atoms with E-state index in [2.05, 4.69) is 110 Å². The second-order valence-corrected chi connectivity index (χ2v) is 13.1. The van der Waals surface area contributed by atoms with Crippen LogP contribution >= 0.6 is 0 Å². The number of cyclic esters (lactones) is 1. The van der Waals surface area contributed by atoms with Gasteiger partial charge in [-0.3, -0.25) is 0 Å². The summed E-state index contributed by atoms with van der Waals surface area (Å²) in [6, 6.07) is 28.9. The van der Waals surface area contributed by atoms with Crippen LogP contribution in [0.2, 0.25) is 0 Å². The summed E-state index contributed by atoms with van der Waals surface area (Å²) in [6.45, 7) is 16.4. The molecule has 2 aromatic heterocycles. The number of hydrogen-bond acceptors (Lipinski definition) is 5. The fourth-order valence-electron chi connectivity index (χ4n) is 8.30. The van der Waals surface area contributed by atoms with Gasteiger partial charge in [0.05, 0.1) is 19.8 Å². The van der Waals surface area contributed by atoms with E-state index in [1.165, 1.54) is 0 Å². The molecule has 0 aliphatic carbocycles. The maximum atomic E-state index is 13.9. The molecule has 0 saturated carbocycles. The molecule has 1 aliphatic rings. The van der Waals surface area contributed by atoms with Crippen LogP contribution in [0.3, 0.4) is 0 Å². The Morgan fingerprint density at radius 1 is 0.745 bits per heavy atom. The highest BCUT2D eigenvalue weighted by molar-refractivity contribution is 6.07. The van der Waals surface area contributed by atoms with Gasteiger partial charge in [-0.2, -0.15) is 0 Å². The Morgan fingerprint density at radius 2 is 1.27 bits per heavy atom. The number of esters is 1. The number of rotatable bonds is 11. The number of anilines is 1. The molecule has 6 aromatic rings. The van der Waals surface area contributed by atoms with Crippen LogP contribution in [0.5, 0.6) is 11.5 Å². The van der Waals surface area contributed by atoms with Gasteiger partial charge in [-0.15, -0.1) is 0 Å². The lowest BCUT2D eigenvalue weighted by Crippen LogP contribution is -2.27. The van der Waals surface area contributed by atoms with Gasteiger partial charge in [-0.1, -0.05) is 30.3 Å². The van der Waals surface area contributed by atoms with Crippen LogP contribution in [-0.4, -0.2) is 42.4 Å². The smallest absolute Gasteiger partial charge is 0.340 e. The van der Waals surface area contributed by atoms with Crippen molar-refractivity contribution in [2.75, 3.05) is 32.2 Å². The Balaban J connectivity index is 1.65. The number of aryl methyl sites for hydroxylation is 2. The number of nitrogens with zero attached hydrogens (tertiary/aromatic N) is 3. The standard InChI is InChI=1S/C44H47N3O4/c1-9-45(10-2)31-19-17-30(18-20-31)44(38-16-14-13-15-34(38)43(48)51-44)27-37(41-28(5)46(11-3)39-23-21-32(49-7)25-35(39)41)42-29(6)47(12-4)40-24-22-33(50-8)26-36(40)42/h13-27H,9-12H2,1-8H3. The summed E-state index contributed by atoms with van der Waals surface area (Å²) in [5.41, 5.74) is 9.82. The molecular formula is C44H47N3O4. The molecule has 0 spiro atoms. The maximum Gasteiger partial charge on any atom is 0.340 e. The minimum atomic E-state index is -1.21. The van der Waals surface area contributed by atoms with Crippen LogP contribution in [0.25, 0.3) is 27.4 Å². The SMILES string of the molecule is CCN(CC)c1ccc(C2(C=C(c3c(C)n(CC)c4ccc(OC)cc34)c3c(C)n(CC)c4ccc(OC)cc34)OC(=O)c3ccccc32)cc1. The van der Waals surface area contributed by atoms with Gasteiger partial charge in [0.25, 0.3) is 0 Å². The van der Waals surface area contributed by atoms with Crippen LogP contribution in [-0.2, 0) is 23.4 Å². The highest BCUT2D eigenvalue weighted by atomic mass is 16.6. The van der Waals surface area contributed by atoms with Gasteiger partial charge in [0.2, 0.25) is 0 Å². The molecule has 0 bridgehead atoms. The van der Waals surface area contributed by atoms with E-state index in [1.807, 2.05) is 36.4 Å². The molecule has 0 radical (unpaired) electrons. The molecule has 1 unspecified atom stereocenters. The molecule has 0 N–H and O–H groups in total. The second-order valence-electron chi connectivity index (χ2n) is 13.1. The average molecular weight is 682 g/mol. The van der Waals surface area contributed by atoms with Crippen molar-refractivity contribution in [2.45, 2.75) is 60.2 Å². The zero-order valence-electron chi connectivity index (χ0n) is 31.0. The number of benzene rings is 4. The Kier molecular flexibility index (Phi) is 8.92. The summed E-state index contributed by atoms with van der Waals surface area (Å²) in [7, 11) is 3.41. The second kappa shape index (κ2) is 13.4. The van der Waals surface area contributed by atoms with Crippen molar-refractivity contribution < 1.29 is 19.0 Å². The van der Waals surface area contributed by atoms with E-state index < -0.39 is 5.60 Å². The lowest BCUT2D eigenvalue weighted by Gasteiger charge is -2.29. The molecular weight excluding hydrogens is 635 g/mol. The van der Waals surface area contributed by atoms with E-state index in [0.717, 1.165) is 104 Å². The summed E-state index contributed by atoms with van der Waals surface area (Å²) in [6.07, 6.45) is 2.21. The van der Waals surface area contributed by atoms with Crippen molar-refractivity contribution in [3.63, 3.8) is 0 Å². The molecule has 7 heteroatoms. The van der Waals surface area contributed by atoms with E-state index in [4.69, 9.17) is 14.2 Å². The van der Waals surface area contributed by atoms with Crippen molar-refractivity contribution in [3.8, 4) is 11.5 Å². The van der Waals surface area contributed by atoms with Crippen LogP contribution < -0.4 is 14.4 Å². The fourth-order valence-corrected chi connectivity index (χ4v) is 8.30. The molecule has 0 saturated heterocycles. The maximum absolute atomic E-state index is 13.9. The average Bonchev–Trinajstić information content (AvgIpc) is 3.73. The van der Waals surface area contributed by atoms with Crippen LogP contribution in [0.1, 0.15) is 71.7 Å². The van der Waals surface area contributed by atoms with E-state index in [9.17, 15) is 4.79 Å². The molecule has 1 aliphatic heterocycles. The van der Waals surface area contributed by atoms with Crippen molar-refractivity contribution in [2.24, 2.45) is 0 Å². The Bertz CT molecular complexity index is 2210. The number of methoxy groups -OCH3 is 2. The number of carbonyl (C=O) groups is 1. The van der Waals surface area contributed by atoms with Crippen molar-refractivity contribution in [1.82, 2.24) is 9.13 Å². The van der Waals surface area contributed by atoms with Gasteiger partial charge in [-0.25, -0.2) is 4.79 Å². The highest BCUT2D eigenvalue weighted by Gasteiger charge is 2.46. The summed E-state index contributed by atoms with van der Waals surface area (Å²) < 4.78 is 23.0. The third kappa shape index (κ3) is 5.29. The third-order valence-corrected chi connectivity index (χ3v) is 10.8. The lowest BCUT2D eigenvalue weighted by atomic mass is 9.81. The summed E-state index contributed by atoms with van der Waals surface area (Å²) in [4.78, 5) is 16.2. The number of carbonyl (C=O) groups excluding carboxylic acids is 1. The van der Waals surface area contributed by atoms with E-state index in [0.29, 0.717) is 5.56 Å². The van der Waals surface area contributed by atoms with Gasteiger partial charge in [0.1, 0.15) is 11.5 Å². The molecule has 51 heavy (non-hydrogen) atoms. The normalized spacial score (nSPS) is 15.3. The lowest BCUT2D eigenvalue weighted by molar-refractivity contribution is 0.0276. The summed E-state index contributed by atoms with van der Waals surface area (Å²) in [5, 5.41) is 2.15. The molecule has 1 atom stereocenters. The van der Waals surface area contributed by atoms with Gasteiger partial charge in [-0.05, 0) is 108 Å². The predicted molar refractivity (Wildman–Crippen MR) is 208 cm³/mol. The Hall–Kier alpha value is -5.43. The monoisotopic (exact) mass is 681 g/mol. The van der Waals surface area contributed by atoms with Crippen molar-refractivity contribution in [1.29, 1.82) is 0 Å². The van der Waals surface area contributed by atoms with Gasteiger partial charge in [0, 0.05) is 87.3 Å². The zero-order valence-corrected chi connectivity index (χ0v) is 31.0. The van der Waals surface area contributed by atoms with Gasteiger partial charge < -0.3 is 28.2 Å². The largest absolute Gasteiger partial charge is 0.497 e. The predicted octanol–water partition coefficient (Wildman–Crippen LogP) is 9.66. The van der Waals surface area contributed by atoms with Crippen LogP contribution in [0.15, 0.2) is 91.0 Å². The molecule has 0 amide bonds. The molecule has 7 nitrogen and oxygen atoms in total. The number of aromatic nitrogens is 2. The molecule has 3 heterocycles. The number of fused-ring (bicyclic) bond motifs is 3. The first-order valence-electron chi connectivity index (χ1n) is 18.0. The van der Waals surface area contributed by atoms with E-state index >= 15 is 0 Å². The molecule has 4 aromatic carbocycles. The molecule has 7 rings (SSSR count). The first-order valence-corrected chi connectivity index (χ1v) is 18.0. The number of ether oxygens (including phenoxy) is 3. The van der Waals surface area contributed by atoms with Crippen molar-refractivity contribution >= 4 is 39.0 Å².